The van der Waals surface area contributed by atoms with Crippen LogP contribution < -0.4 is 5.32 Å². The molecule has 2 aliphatic heterocycles. The second-order valence-electron chi connectivity index (χ2n) is 7.90. The van der Waals surface area contributed by atoms with Gasteiger partial charge in [-0.3, -0.25) is 24.5 Å². The van der Waals surface area contributed by atoms with E-state index in [-0.39, 0.29) is 44.0 Å². The molecule has 4 rings (SSSR count). The Bertz CT molecular complexity index is 1120. The van der Waals surface area contributed by atoms with Crippen LogP contribution in [0.15, 0.2) is 42.5 Å². The molecule has 1 fully saturated rings. The van der Waals surface area contributed by atoms with Gasteiger partial charge in [-0.2, -0.15) is 8.78 Å². The Labute approximate surface area is 187 Å². The van der Waals surface area contributed by atoms with E-state index in [9.17, 15) is 28.0 Å². The number of piperidine rings is 1. The number of hydrogen-bond acceptors (Lipinski definition) is 4. The highest BCUT2D eigenvalue weighted by Crippen LogP contribution is 2.32. The van der Waals surface area contributed by atoms with Crippen LogP contribution in [0.2, 0.25) is 5.02 Å². The number of Topliss-reactive ketones (excluding diaryl/α,β-unsaturated/α-hetero) is 1. The summed E-state index contributed by atoms with van der Waals surface area (Å²) >= 11 is 5.72. The number of hydrogen-bond donors (Lipinski definition) is 1. The molecule has 0 radical (unpaired) electrons. The van der Waals surface area contributed by atoms with Crippen LogP contribution in [0.1, 0.15) is 46.3 Å². The van der Waals surface area contributed by atoms with Crippen molar-refractivity contribution < 1.29 is 28.0 Å². The number of halogens is 3. The molecule has 9 heteroatoms. The lowest BCUT2D eigenvalue weighted by Crippen LogP contribution is -2.52. The maximum Gasteiger partial charge on any atom is 0.330 e. The smallest absolute Gasteiger partial charge is 0.322 e. The molecule has 2 aliphatic rings. The predicted molar refractivity (Wildman–Crippen MR) is 111 cm³/mol. The van der Waals surface area contributed by atoms with Gasteiger partial charge in [0.25, 0.3) is 5.91 Å². The van der Waals surface area contributed by atoms with Crippen LogP contribution in [0.25, 0.3) is 0 Å². The number of rotatable bonds is 6. The molecular weight excluding hydrogens is 444 g/mol. The minimum Gasteiger partial charge on any atom is -0.322 e. The van der Waals surface area contributed by atoms with Crippen molar-refractivity contribution in [2.45, 2.75) is 44.2 Å². The van der Waals surface area contributed by atoms with Crippen LogP contribution in [0, 0.1) is 0 Å². The Morgan fingerprint density at radius 2 is 1.88 bits per heavy atom. The number of nitrogens with one attached hydrogen (secondary N) is 1. The van der Waals surface area contributed by atoms with E-state index >= 15 is 0 Å². The molecule has 2 aromatic carbocycles. The fourth-order valence-corrected chi connectivity index (χ4v) is 4.14. The number of carbonyl (C=O) groups excluding carboxylic acids is 4. The number of alkyl halides is 2. The van der Waals surface area contributed by atoms with Crippen molar-refractivity contribution in [3.8, 4) is 0 Å². The summed E-state index contributed by atoms with van der Waals surface area (Å²) in [6.07, 6.45) is 0.123. The molecule has 1 unspecified atom stereocenters. The first kappa shape index (κ1) is 22.1. The van der Waals surface area contributed by atoms with Gasteiger partial charge in [0.15, 0.2) is 0 Å². The number of amides is 3. The van der Waals surface area contributed by atoms with Gasteiger partial charge in [0.2, 0.25) is 17.6 Å². The summed E-state index contributed by atoms with van der Waals surface area (Å²) in [5, 5.41) is 2.54. The highest BCUT2D eigenvalue weighted by molar-refractivity contribution is 6.30. The molecule has 1 atom stereocenters. The SMILES string of the molecule is O=C1CCC(N2Cc3cc([14CH2]CC(=O)C(F)(F)c4ccc(Cl)cc4)ccc3C2=O)C(=O)N1. The van der Waals surface area contributed by atoms with E-state index < -0.39 is 29.2 Å². The van der Waals surface area contributed by atoms with Crippen molar-refractivity contribution in [2.24, 2.45) is 0 Å². The Hall–Kier alpha value is -3.13. The van der Waals surface area contributed by atoms with Gasteiger partial charge in [-0.25, -0.2) is 0 Å². The third kappa shape index (κ3) is 4.14. The van der Waals surface area contributed by atoms with Crippen molar-refractivity contribution in [1.29, 1.82) is 0 Å². The van der Waals surface area contributed by atoms with Gasteiger partial charge in [0.1, 0.15) is 6.04 Å². The summed E-state index contributed by atoms with van der Waals surface area (Å²) in [5.74, 6) is -6.01. The standard InChI is InChI=1S/C23H19ClF2N2O4/c24-16-5-3-15(4-6-16)23(25,26)19(29)9-2-13-1-7-17-14(11-13)12-28(22(17)32)18-8-10-20(30)27-21(18)31/h1,3-7,11,18H,2,8-10,12H2,(H,27,30,31)/i2+2. The average molecular weight is 463 g/mol. The minimum atomic E-state index is -3.63. The zero-order chi connectivity index (χ0) is 23.0. The van der Waals surface area contributed by atoms with Gasteiger partial charge in [0.05, 0.1) is 0 Å². The van der Waals surface area contributed by atoms with Crippen molar-refractivity contribution in [3.05, 3.63) is 69.7 Å². The Morgan fingerprint density at radius 1 is 1.16 bits per heavy atom. The van der Waals surface area contributed by atoms with Crippen LogP contribution in [-0.4, -0.2) is 34.4 Å². The Kier molecular flexibility index (Phi) is 5.81. The molecule has 0 bridgehead atoms. The van der Waals surface area contributed by atoms with E-state index in [0.29, 0.717) is 21.7 Å². The largest absolute Gasteiger partial charge is 0.330 e. The number of benzene rings is 2. The molecule has 2 heterocycles. The molecule has 2 aromatic rings. The van der Waals surface area contributed by atoms with Gasteiger partial charge in [-0.15, -0.1) is 0 Å². The zero-order valence-electron chi connectivity index (χ0n) is 16.9. The number of ketones is 1. The topological polar surface area (TPSA) is 83.6 Å². The molecule has 6 nitrogen and oxygen atoms in total. The lowest BCUT2D eigenvalue weighted by molar-refractivity contribution is -0.144. The summed E-state index contributed by atoms with van der Waals surface area (Å²) in [4.78, 5) is 49.8. The number of fused-ring (bicyclic) bond motifs is 1. The average Bonchev–Trinajstić information content (AvgIpc) is 3.08. The molecule has 0 aliphatic carbocycles. The van der Waals surface area contributed by atoms with Gasteiger partial charge < -0.3 is 4.90 Å². The molecule has 3 amide bonds. The van der Waals surface area contributed by atoms with Crippen LogP contribution in [0.5, 0.6) is 0 Å². The Morgan fingerprint density at radius 3 is 2.56 bits per heavy atom. The summed E-state index contributed by atoms with van der Waals surface area (Å²) < 4.78 is 28.9. The number of imide groups is 1. The fraction of sp³-hybridized carbons (Fsp3) is 0.304. The summed E-state index contributed by atoms with van der Waals surface area (Å²) in [6, 6.07) is 9.06. The molecule has 32 heavy (non-hydrogen) atoms. The number of nitrogens with zero attached hydrogens (tertiary/aromatic N) is 1. The number of carbonyl (C=O) groups is 4. The van der Waals surface area contributed by atoms with Gasteiger partial charge >= 0.3 is 5.92 Å². The molecule has 0 spiro atoms. The highest BCUT2D eigenvalue weighted by atomic mass is 35.5. The molecule has 0 aromatic heterocycles. The molecule has 1 N–H and O–H groups in total. The van der Waals surface area contributed by atoms with Gasteiger partial charge in [0, 0.05) is 35.5 Å². The van der Waals surface area contributed by atoms with Crippen LogP contribution in [-0.2, 0) is 33.3 Å². The molecule has 166 valence electrons. The van der Waals surface area contributed by atoms with Crippen molar-refractivity contribution in [3.63, 3.8) is 0 Å². The lowest BCUT2D eigenvalue weighted by Gasteiger charge is -2.29. The van der Waals surface area contributed by atoms with Gasteiger partial charge in [-0.05, 0) is 42.2 Å². The first-order valence-electron chi connectivity index (χ1n) is 10.1. The maximum absolute atomic E-state index is 14.5. The van der Waals surface area contributed by atoms with E-state index in [2.05, 4.69) is 5.32 Å². The van der Waals surface area contributed by atoms with Crippen LogP contribution in [0.4, 0.5) is 8.78 Å². The summed E-state index contributed by atoms with van der Waals surface area (Å²) in [5.41, 5.74) is 1.32. The summed E-state index contributed by atoms with van der Waals surface area (Å²) in [6.45, 7) is 0.184. The second kappa shape index (κ2) is 8.43. The second-order valence-corrected chi connectivity index (χ2v) is 8.33. The normalized spacial score (nSPS) is 18.5. The Balaban J connectivity index is 1.43. The first-order valence-corrected chi connectivity index (χ1v) is 10.5. The molecular formula is C23H19ClF2N2O4. The van der Waals surface area contributed by atoms with E-state index in [0.717, 1.165) is 12.1 Å². The highest BCUT2D eigenvalue weighted by Gasteiger charge is 2.41. The van der Waals surface area contributed by atoms with E-state index in [1.165, 1.54) is 17.0 Å². The van der Waals surface area contributed by atoms with Crippen LogP contribution >= 0.6 is 11.6 Å². The predicted octanol–water partition coefficient (Wildman–Crippen LogP) is 3.39. The summed E-state index contributed by atoms with van der Waals surface area (Å²) in [7, 11) is 0. The van der Waals surface area contributed by atoms with Crippen molar-refractivity contribution >= 4 is 35.1 Å². The third-order valence-electron chi connectivity index (χ3n) is 5.79. The zero-order valence-corrected chi connectivity index (χ0v) is 17.6. The lowest BCUT2D eigenvalue weighted by atomic mass is 10.0. The van der Waals surface area contributed by atoms with Crippen molar-refractivity contribution in [1.82, 2.24) is 10.2 Å². The first-order chi connectivity index (χ1) is 15.2. The van der Waals surface area contributed by atoms with E-state index in [1.807, 2.05) is 0 Å². The third-order valence-corrected chi connectivity index (χ3v) is 6.04. The molecule has 0 saturated carbocycles. The maximum atomic E-state index is 14.5. The van der Waals surface area contributed by atoms with E-state index in [1.54, 1.807) is 18.2 Å². The van der Waals surface area contributed by atoms with E-state index in [4.69, 9.17) is 11.6 Å². The number of aryl methyl sites for hydroxylation is 1. The quantitative estimate of drug-likeness (QED) is 0.667. The monoisotopic (exact) mass is 462 g/mol. The van der Waals surface area contributed by atoms with Crippen molar-refractivity contribution in [2.75, 3.05) is 0 Å². The molecule has 1 saturated heterocycles. The van der Waals surface area contributed by atoms with Gasteiger partial charge in [-0.1, -0.05) is 35.9 Å². The van der Waals surface area contributed by atoms with Crippen LogP contribution in [0.3, 0.4) is 0 Å². The minimum absolute atomic E-state index is 0.0852. The fourth-order valence-electron chi connectivity index (χ4n) is 4.02.